The molecule has 1 aromatic rings. The molecule has 0 aromatic heterocycles. The molecule has 0 spiro atoms. The Morgan fingerprint density at radius 3 is 3.00 bits per heavy atom. The summed E-state index contributed by atoms with van der Waals surface area (Å²) in [6.45, 7) is 1.48. The van der Waals surface area contributed by atoms with Gasteiger partial charge >= 0.3 is 0 Å². The minimum Gasteiger partial charge on any atom is -0.362 e. The molecule has 1 aliphatic rings. The van der Waals surface area contributed by atoms with Crippen molar-refractivity contribution < 1.29 is 9.31 Å². The lowest BCUT2D eigenvalue weighted by Gasteiger charge is -2.37. The number of halogens is 1. The van der Waals surface area contributed by atoms with E-state index in [9.17, 15) is 14.5 Å². The van der Waals surface area contributed by atoms with Crippen molar-refractivity contribution in [3.63, 3.8) is 0 Å². The minimum atomic E-state index is -0.445. The number of nitrogens with zero attached hydrogens (tertiary/aromatic N) is 2. The molecule has 6 heteroatoms. The number of benzene rings is 1. The van der Waals surface area contributed by atoms with Crippen LogP contribution in [0.15, 0.2) is 18.2 Å². The van der Waals surface area contributed by atoms with Crippen LogP contribution in [0.2, 0.25) is 0 Å². The third-order valence-electron chi connectivity index (χ3n) is 3.51. The fourth-order valence-corrected chi connectivity index (χ4v) is 2.65. The van der Waals surface area contributed by atoms with E-state index in [0.29, 0.717) is 5.69 Å². The summed E-state index contributed by atoms with van der Waals surface area (Å²) in [4.78, 5) is 12.6. The van der Waals surface area contributed by atoms with Crippen LogP contribution in [0.4, 0.5) is 15.8 Å². The van der Waals surface area contributed by atoms with E-state index >= 15 is 0 Å². The molecule has 1 heterocycles. The van der Waals surface area contributed by atoms with E-state index < -0.39 is 10.7 Å². The Kier molecular flexibility index (Phi) is 4.31. The van der Waals surface area contributed by atoms with Crippen molar-refractivity contribution in [2.75, 3.05) is 25.0 Å². The van der Waals surface area contributed by atoms with Crippen molar-refractivity contribution in [2.45, 2.75) is 25.3 Å². The molecule has 1 saturated heterocycles. The summed E-state index contributed by atoms with van der Waals surface area (Å²) in [5.41, 5.74) is 0.370. The second kappa shape index (κ2) is 5.97. The number of nitro groups is 1. The first-order valence-electron chi connectivity index (χ1n) is 6.48. The molecule has 1 fully saturated rings. The molecule has 0 radical (unpaired) electrons. The summed E-state index contributed by atoms with van der Waals surface area (Å²) in [5.74, 6) is -0.436. The molecule has 0 aliphatic carbocycles. The zero-order valence-corrected chi connectivity index (χ0v) is 10.9. The monoisotopic (exact) mass is 267 g/mol. The average Bonchev–Trinajstić information content (AvgIpc) is 2.39. The summed E-state index contributed by atoms with van der Waals surface area (Å²) in [6, 6.07) is 3.83. The van der Waals surface area contributed by atoms with Gasteiger partial charge in [0.25, 0.3) is 5.69 Å². The van der Waals surface area contributed by atoms with Gasteiger partial charge in [0, 0.05) is 31.3 Å². The predicted molar refractivity (Wildman–Crippen MR) is 72.0 cm³/mol. The molecule has 2 rings (SSSR count). The highest BCUT2D eigenvalue weighted by Crippen LogP contribution is 2.33. The number of rotatable bonds is 4. The third-order valence-corrected chi connectivity index (χ3v) is 3.51. The highest BCUT2D eigenvalue weighted by atomic mass is 19.1. The van der Waals surface area contributed by atoms with Crippen LogP contribution in [-0.4, -0.2) is 31.1 Å². The Morgan fingerprint density at radius 1 is 1.53 bits per heavy atom. The summed E-state index contributed by atoms with van der Waals surface area (Å²) in [5, 5.41) is 14.2. The summed E-state index contributed by atoms with van der Waals surface area (Å²) in [7, 11) is 1.85. The van der Waals surface area contributed by atoms with Crippen molar-refractivity contribution in [3.8, 4) is 0 Å². The van der Waals surface area contributed by atoms with Gasteiger partial charge in [-0.25, -0.2) is 4.39 Å². The maximum atomic E-state index is 13.4. The van der Waals surface area contributed by atoms with Crippen molar-refractivity contribution in [2.24, 2.45) is 0 Å². The van der Waals surface area contributed by atoms with E-state index in [4.69, 9.17) is 0 Å². The third kappa shape index (κ3) is 3.01. The molecule has 1 aromatic carbocycles. The van der Waals surface area contributed by atoms with Crippen LogP contribution in [0.5, 0.6) is 0 Å². The standard InChI is InChI=1S/C13H18FN3O2/c1-15-9-11-4-2-3-7-16(11)13-8-10(14)5-6-12(13)17(18)19/h5-6,8,11,15H,2-4,7,9H2,1H3. The smallest absolute Gasteiger partial charge is 0.292 e. The van der Waals surface area contributed by atoms with Crippen LogP contribution >= 0.6 is 0 Å². The molecular formula is C13H18FN3O2. The highest BCUT2D eigenvalue weighted by molar-refractivity contribution is 5.64. The molecule has 1 atom stereocenters. The van der Waals surface area contributed by atoms with Crippen LogP contribution in [0, 0.1) is 15.9 Å². The quantitative estimate of drug-likeness (QED) is 0.672. The maximum absolute atomic E-state index is 13.4. The number of piperidine rings is 1. The van der Waals surface area contributed by atoms with E-state index in [0.717, 1.165) is 38.4 Å². The first kappa shape index (κ1) is 13.7. The lowest BCUT2D eigenvalue weighted by Crippen LogP contribution is -2.45. The number of nitrogens with one attached hydrogen (secondary N) is 1. The Morgan fingerprint density at radius 2 is 2.32 bits per heavy atom. The SMILES string of the molecule is CNCC1CCCCN1c1cc(F)ccc1[N+](=O)[O-]. The normalized spacial score (nSPS) is 19.5. The first-order chi connectivity index (χ1) is 9.13. The summed E-state index contributed by atoms with van der Waals surface area (Å²) >= 11 is 0. The minimum absolute atomic E-state index is 0.0237. The van der Waals surface area contributed by atoms with Crippen molar-refractivity contribution in [1.29, 1.82) is 0 Å². The fourth-order valence-electron chi connectivity index (χ4n) is 2.65. The largest absolute Gasteiger partial charge is 0.362 e. The first-order valence-corrected chi connectivity index (χ1v) is 6.48. The van der Waals surface area contributed by atoms with Gasteiger partial charge in [0.15, 0.2) is 0 Å². The van der Waals surface area contributed by atoms with Gasteiger partial charge in [0.05, 0.1) is 4.92 Å². The van der Waals surface area contributed by atoms with Gasteiger partial charge < -0.3 is 10.2 Å². The molecule has 1 aliphatic heterocycles. The van der Waals surface area contributed by atoms with Crippen molar-refractivity contribution >= 4 is 11.4 Å². The van der Waals surface area contributed by atoms with Crippen LogP contribution < -0.4 is 10.2 Å². The zero-order valence-electron chi connectivity index (χ0n) is 10.9. The Bertz CT molecular complexity index is 465. The number of hydrogen-bond donors (Lipinski definition) is 1. The topological polar surface area (TPSA) is 58.4 Å². The van der Waals surface area contributed by atoms with E-state index in [-0.39, 0.29) is 11.7 Å². The number of hydrogen-bond acceptors (Lipinski definition) is 4. The predicted octanol–water partition coefficient (Wildman–Crippen LogP) is 2.31. The molecule has 5 nitrogen and oxygen atoms in total. The number of likely N-dealkylation sites (N-methyl/N-ethyl adjacent to an activating group) is 1. The van der Waals surface area contributed by atoms with Crippen molar-refractivity contribution in [1.82, 2.24) is 5.32 Å². The Hall–Kier alpha value is -1.69. The van der Waals surface area contributed by atoms with Crippen LogP contribution in [0.25, 0.3) is 0 Å². The van der Waals surface area contributed by atoms with Crippen LogP contribution in [0.1, 0.15) is 19.3 Å². The molecule has 19 heavy (non-hydrogen) atoms. The molecule has 0 bridgehead atoms. The summed E-state index contributed by atoms with van der Waals surface area (Å²) in [6.07, 6.45) is 3.05. The summed E-state index contributed by atoms with van der Waals surface area (Å²) < 4.78 is 13.4. The van der Waals surface area contributed by atoms with Gasteiger partial charge in [0.2, 0.25) is 0 Å². The Labute approximate surface area is 111 Å². The second-order valence-electron chi connectivity index (χ2n) is 4.79. The van der Waals surface area contributed by atoms with E-state index in [1.807, 2.05) is 11.9 Å². The van der Waals surface area contributed by atoms with Crippen molar-refractivity contribution in [3.05, 3.63) is 34.1 Å². The van der Waals surface area contributed by atoms with E-state index in [2.05, 4.69) is 5.32 Å². The van der Waals surface area contributed by atoms with Crippen LogP contribution in [-0.2, 0) is 0 Å². The molecule has 1 unspecified atom stereocenters. The maximum Gasteiger partial charge on any atom is 0.292 e. The van der Waals surface area contributed by atoms with Gasteiger partial charge in [-0.05, 0) is 32.4 Å². The van der Waals surface area contributed by atoms with E-state index in [1.54, 1.807) is 0 Å². The fraction of sp³-hybridized carbons (Fsp3) is 0.538. The average molecular weight is 267 g/mol. The van der Waals surface area contributed by atoms with E-state index in [1.165, 1.54) is 12.1 Å². The number of anilines is 1. The molecule has 0 saturated carbocycles. The molecular weight excluding hydrogens is 249 g/mol. The molecule has 0 amide bonds. The zero-order chi connectivity index (χ0) is 13.8. The van der Waals surface area contributed by atoms with Gasteiger partial charge in [-0.3, -0.25) is 10.1 Å². The van der Waals surface area contributed by atoms with Gasteiger partial charge in [-0.2, -0.15) is 0 Å². The molecule has 1 N–H and O–H groups in total. The lowest BCUT2D eigenvalue weighted by atomic mass is 10.0. The van der Waals surface area contributed by atoms with Gasteiger partial charge in [0.1, 0.15) is 11.5 Å². The van der Waals surface area contributed by atoms with Crippen LogP contribution in [0.3, 0.4) is 0 Å². The molecule has 104 valence electrons. The van der Waals surface area contributed by atoms with Gasteiger partial charge in [-0.15, -0.1) is 0 Å². The lowest BCUT2D eigenvalue weighted by molar-refractivity contribution is -0.384. The second-order valence-corrected chi connectivity index (χ2v) is 4.79. The Balaban J connectivity index is 2.37. The van der Waals surface area contributed by atoms with Gasteiger partial charge in [-0.1, -0.05) is 0 Å². The highest BCUT2D eigenvalue weighted by Gasteiger charge is 2.27. The number of nitro benzene ring substituents is 1.